The maximum Gasteiger partial charge on any atom is 0.435 e. The Labute approximate surface area is 236 Å². The molecule has 1 aromatic carbocycles. The number of likely N-dealkylation sites (tertiary alicyclic amines) is 1. The largest absolute Gasteiger partial charge is 0.435 e. The van der Waals surface area contributed by atoms with Crippen molar-refractivity contribution in [2.24, 2.45) is 0 Å². The molecule has 0 bridgehead atoms. The molecule has 1 aliphatic heterocycles. The highest BCUT2D eigenvalue weighted by Crippen LogP contribution is 2.33. The summed E-state index contributed by atoms with van der Waals surface area (Å²) in [6, 6.07) is 5.06. The first-order valence-electron chi connectivity index (χ1n) is 12.1. The maximum atomic E-state index is 13.9. The standard InChI is InChI=1S/C25H25ClF3N5O5S/c1-15-10-19(25(27,28)29)31-33(15)11-21(35)32-8-6-16(7-9-32)34(20-13-40-14-30-20)24(37)17-4-3-5-18(26)23(17)39-22(36)12-38-2/h3-5,10,13-14,16H,6-9,11-12H2,1-2H3. The van der Waals surface area contributed by atoms with Gasteiger partial charge in [0.15, 0.2) is 11.4 Å². The molecule has 15 heteroatoms. The number of amides is 2. The zero-order valence-corrected chi connectivity index (χ0v) is 23.1. The highest BCUT2D eigenvalue weighted by atomic mass is 35.5. The van der Waals surface area contributed by atoms with E-state index in [1.54, 1.807) is 17.0 Å². The number of aromatic nitrogens is 3. The van der Waals surface area contributed by atoms with Crippen LogP contribution < -0.4 is 9.64 Å². The van der Waals surface area contributed by atoms with Crippen LogP contribution >= 0.6 is 22.9 Å². The van der Waals surface area contributed by atoms with Crippen molar-refractivity contribution < 1.29 is 37.0 Å². The molecule has 0 N–H and O–H groups in total. The Morgan fingerprint density at radius 2 is 1.95 bits per heavy atom. The molecule has 4 rings (SSSR count). The van der Waals surface area contributed by atoms with E-state index in [2.05, 4.69) is 10.1 Å². The smallest absolute Gasteiger partial charge is 0.422 e. The Hall–Kier alpha value is -3.49. The number of methoxy groups -OCH3 is 1. The van der Waals surface area contributed by atoms with E-state index in [1.165, 1.54) is 47.3 Å². The van der Waals surface area contributed by atoms with Crippen LogP contribution in [0.2, 0.25) is 5.02 Å². The summed E-state index contributed by atoms with van der Waals surface area (Å²) in [7, 11) is 1.33. The molecular weight excluding hydrogens is 575 g/mol. The molecule has 2 amide bonds. The van der Waals surface area contributed by atoms with Crippen molar-refractivity contribution in [1.29, 1.82) is 0 Å². The van der Waals surface area contributed by atoms with Gasteiger partial charge in [-0.1, -0.05) is 17.7 Å². The first-order valence-corrected chi connectivity index (χ1v) is 13.4. The number of carbonyl (C=O) groups excluding carboxylic acids is 3. The van der Waals surface area contributed by atoms with Crippen LogP contribution in [0.1, 0.15) is 34.6 Å². The third kappa shape index (κ3) is 6.62. The van der Waals surface area contributed by atoms with Gasteiger partial charge < -0.3 is 14.4 Å². The second-order valence-electron chi connectivity index (χ2n) is 8.98. The van der Waals surface area contributed by atoms with Crippen LogP contribution in [-0.2, 0) is 27.0 Å². The number of nitrogens with zero attached hydrogens (tertiary/aromatic N) is 5. The Kier molecular flexibility index (Phi) is 9.11. The second kappa shape index (κ2) is 12.4. The summed E-state index contributed by atoms with van der Waals surface area (Å²) in [5.41, 5.74) is 0.799. The second-order valence-corrected chi connectivity index (χ2v) is 10.1. The van der Waals surface area contributed by atoms with Gasteiger partial charge in [0.25, 0.3) is 5.91 Å². The lowest BCUT2D eigenvalue weighted by Crippen LogP contribution is -2.50. The van der Waals surface area contributed by atoms with Gasteiger partial charge in [-0.25, -0.2) is 9.78 Å². The number of anilines is 1. The number of thiazole rings is 1. The van der Waals surface area contributed by atoms with E-state index in [1.807, 2.05) is 0 Å². The third-order valence-corrected chi connectivity index (χ3v) is 7.17. The van der Waals surface area contributed by atoms with Crippen molar-refractivity contribution in [3.8, 4) is 5.75 Å². The van der Waals surface area contributed by atoms with Crippen molar-refractivity contribution in [2.75, 3.05) is 31.7 Å². The van der Waals surface area contributed by atoms with E-state index in [9.17, 15) is 27.6 Å². The van der Waals surface area contributed by atoms with Crippen molar-refractivity contribution in [3.63, 3.8) is 0 Å². The van der Waals surface area contributed by atoms with Crippen LogP contribution in [0.15, 0.2) is 35.2 Å². The molecule has 0 radical (unpaired) electrons. The average molecular weight is 600 g/mol. The predicted octanol–water partition coefficient (Wildman–Crippen LogP) is 4.21. The molecular formula is C25H25ClF3N5O5S. The Balaban J connectivity index is 1.50. The van der Waals surface area contributed by atoms with Gasteiger partial charge >= 0.3 is 12.1 Å². The van der Waals surface area contributed by atoms with Crippen LogP contribution in [0.5, 0.6) is 5.75 Å². The predicted molar refractivity (Wildman–Crippen MR) is 139 cm³/mol. The van der Waals surface area contributed by atoms with Gasteiger partial charge in [-0.3, -0.25) is 19.2 Å². The van der Waals surface area contributed by atoms with Crippen LogP contribution in [0, 0.1) is 6.92 Å². The van der Waals surface area contributed by atoms with E-state index >= 15 is 0 Å². The van der Waals surface area contributed by atoms with Gasteiger partial charge in [0.1, 0.15) is 19.0 Å². The fraction of sp³-hybridized carbons (Fsp3) is 0.400. The first-order chi connectivity index (χ1) is 19.0. The Morgan fingerprint density at radius 3 is 2.55 bits per heavy atom. The van der Waals surface area contributed by atoms with Gasteiger partial charge in [0.2, 0.25) is 5.91 Å². The van der Waals surface area contributed by atoms with Crippen molar-refractivity contribution in [2.45, 2.75) is 38.5 Å². The molecule has 1 aliphatic rings. The van der Waals surface area contributed by atoms with Crippen LogP contribution in [0.3, 0.4) is 0 Å². The van der Waals surface area contributed by atoms with E-state index in [4.69, 9.17) is 21.1 Å². The Bertz CT molecular complexity index is 1370. The zero-order valence-electron chi connectivity index (χ0n) is 21.5. The molecule has 214 valence electrons. The van der Waals surface area contributed by atoms with E-state index < -0.39 is 23.7 Å². The lowest BCUT2D eigenvalue weighted by molar-refractivity contribution is -0.142. The quantitative estimate of drug-likeness (QED) is 0.282. The van der Waals surface area contributed by atoms with Gasteiger partial charge in [-0.2, -0.15) is 18.3 Å². The highest BCUT2D eigenvalue weighted by Gasteiger charge is 2.36. The van der Waals surface area contributed by atoms with Crippen molar-refractivity contribution in [3.05, 3.63) is 57.1 Å². The number of hydrogen-bond donors (Lipinski definition) is 0. The van der Waals surface area contributed by atoms with Crippen LogP contribution in [0.4, 0.5) is 19.0 Å². The molecule has 1 saturated heterocycles. The molecule has 0 unspecified atom stereocenters. The minimum atomic E-state index is -4.60. The molecule has 3 aromatic rings. The number of halogens is 4. The lowest BCUT2D eigenvalue weighted by Gasteiger charge is -2.38. The number of para-hydroxylation sites is 1. The fourth-order valence-electron chi connectivity index (χ4n) is 4.36. The number of ether oxygens (including phenoxy) is 2. The number of hydrogen-bond acceptors (Lipinski definition) is 8. The average Bonchev–Trinajstić information content (AvgIpc) is 3.56. The number of carbonyl (C=O) groups is 3. The maximum absolute atomic E-state index is 13.9. The molecule has 40 heavy (non-hydrogen) atoms. The number of piperidine rings is 1. The molecule has 1 fully saturated rings. The molecule has 0 aliphatic carbocycles. The molecule has 2 aromatic heterocycles. The SMILES string of the molecule is COCC(=O)Oc1c(Cl)cccc1C(=O)N(c1cscn1)C1CCN(C(=O)Cn2nc(C(F)(F)F)cc2C)CC1. The lowest BCUT2D eigenvalue weighted by atomic mass is 10.0. The fourth-order valence-corrected chi connectivity index (χ4v) is 5.10. The van der Waals surface area contributed by atoms with Crippen LogP contribution in [0.25, 0.3) is 0 Å². The van der Waals surface area contributed by atoms with E-state index in [-0.39, 0.29) is 60.2 Å². The van der Waals surface area contributed by atoms with Crippen molar-refractivity contribution in [1.82, 2.24) is 19.7 Å². The zero-order chi connectivity index (χ0) is 29.0. The summed E-state index contributed by atoms with van der Waals surface area (Å²) in [6.07, 6.45) is -3.85. The monoisotopic (exact) mass is 599 g/mol. The third-order valence-electron chi connectivity index (χ3n) is 6.30. The molecule has 3 heterocycles. The molecule has 0 atom stereocenters. The summed E-state index contributed by atoms with van der Waals surface area (Å²) in [6.45, 7) is 1.30. The summed E-state index contributed by atoms with van der Waals surface area (Å²) in [4.78, 5) is 46.2. The molecule has 0 spiro atoms. The molecule has 0 saturated carbocycles. The van der Waals surface area contributed by atoms with E-state index in [0.717, 1.165) is 10.7 Å². The number of alkyl halides is 3. The van der Waals surface area contributed by atoms with Crippen molar-refractivity contribution >= 4 is 46.5 Å². The van der Waals surface area contributed by atoms with Crippen LogP contribution in [-0.4, -0.2) is 70.3 Å². The number of esters is 1. The molecule has 10 nitrogen and oxygen atoms in total. The first kappa shape index (κ1) is 29.5. The summed E-state index contributed by atoms with van der Waals surface area (Å²) < 4.78 is 50.2. The number of rotatable bonds is 8. The number of aryl methyl sites for hydroxylation is 1. The minimum Gasteiger partial charge on any atom is -0.422 e. The summed E-state index contributed by atoms with van der Waals surface area (Å²) in [5.74, 6) is -1.32. The van der Waals surface area contributed by atoms with Gasteiger partial charge in [0.05, 0.1) is 16.1 Å². The summed E-state index contributed by atoms with van der Waals surface area (Å²) in [5, 5.41) is 5.30. The summed E-state index contributed by atoms with van der Waals surface area (Å²) >= 11 is 7.57. The van der Waals surface area contributed by atoms with Gasteiger partial charge in [-0.15, -0.1) is 11.3 Å². The van der Waals surface area contributed by atoms with E-state index in [0.29, 0.717) is 18.7 Å². The topological polar surface area (TPSA) is 107 Å². The minimum absolute atomic E-state index is 0.0538. The number of benzene rings is 1. The van der Waals surface area contributed by atoms with Gasteiger partial charge in [0, 0.05) is 37.3 Å². The normalized spacial score (nSPS) is 14.3. The highest BCUT2D eigenvalue weighted by molar-refractivity contribution is 7.07. The van der Waals surface area contributed by atoms with Gasteiger partial charge in [-0.05, 0) is 38.0 Å². The Morgan fingerprint density at radius 1 is 1.23 bits per heavy atom.